The first-order valence-corrected chi connectivity index (χ1v) is 5.23. The van der Waals surface area contributed by atoms with E-state index in [0.717, 1.165) is 5.56 Å². The minimum atomic E-state index is -2.24. The van der Waals surface area contributed by atoms with Gasteiger partial charge in [-0.3, -0.25) is 0 Å². The fraction of sp³-hybridized carbons (Fsp3) is 0.250. The Morgan fingerprint density at radius 1 is 0.812 bits per heavy atom. The van der Waals surface area contributed by atoms with Crippen LogP contribution in [0.5, 0.6) is 0 Å². The van der Waals surface area contributed by atoms with Crippen molar-refractivity contribution in [1.29, 1.82) is 0 Å². The molecule has 0 aromatic heterocycles. The van der Waals surface area contributed by atoms with Gasteiger partial charge in [0.1, 0.15) is 0 Å². The lowest BCUT2D eigenvalue weighted by atomic mass is 9.96. The molecule has 0 heteroatoms. The van der Waals surface area contributed by atoms with Crippen LogP contribution in [-0.4, -0.2) is 0 Å². The molecule has 2 aromatic rings. The molecular weight excluding hydrogens is 192 g/mol. The second-order valence-electron chi connectivity index (χ2n) is 4.08. The molecule has 0 unspecified atom stereocenters. The summed E-state index contributed by atoms with van der Waals surface area (Å²) in [6, 6.07) is 10.3. The van der Waals surface area contributed by atoms with E-state index in [2.05, 4.69) is 0 Å². The van der Waals surface area contributed by atoms with Gasteiger partial charge in [0.2, 0.25) is 0 Å². The van der Waals surface area contributed by atoms with Crippen LogP contribution >= 0.6 is 0 Å². The summed E-state index contributed by atoms with van der Waals surface area (Å²) in [5, 5.41) is 0. The maximum atomic E-state index is 7.70. The van der Waals surface area contributed by atoms with E-state index < -0.39 is 13.7 Å². The fourth-order valence-electron chi connectivity index (χ4n) is 1.70. The second kappa shape index (κ2) is 4.13. The zero-order chi connectivity index (χ0) is 16.7. The predicted molar refractivity (Wildman–Crippen MR) is 70.8 cm³/mol. The highest BCUT2D eigenvalue weighted by molar-refractivity contribution is 5.68. The van der Waals surface area contributed by atoms with Gasteiger partial charge in [0, 0.05) is 8.22 Å². The number of hydrogen-bond donors (Lipinski definition) is 0. The molecular formula is C16H18. The molecule has 0 N–H and O–H groups in total. The van der Waals surface area contributed by atoms with Crippen LogP contribution in [0, 0.1) is 27.6 Å². The monoisotopic (exact) mass is 216 g/mol. The smallest absolute Gasteiger partial charge is 0.0280 e. The van der Waals surface area contributed by atoms with Crippen molar-refractivity contribution in [2.45, 2.75) is 27.6 Å². The minimum Gasteiger partial charge on any atom is -0.0587 e. The number of aryl methyl sites for hydroxylation is 4. The largest absolute Gasteiger partial charge is 0.0587 e. The molecule has 0 bridgehead atoms. The highest BCUT2D eigenvalue weighted by atomic mass is 14.1. The van der Waals surface area contributed by atoms with Gasteiger partial charge in [-0.2, -0.15) is 0 Å². The maximum absolute atomic E-state index is 7.70. The number of hydrogen-bond acceptors (Lipinski definition) is 0. The molecule has 2 aromatic carbocycles. The standard InChI is InChI=1S/C16H18/c1-11-5-8-16(14(4)9-11)15-7-6-12(2)13(3)10-15/h5-10H,1-4H3/i3D3,4D3. The van der Waals surface area contributed by atoms with Gasteiger partial charge in [-0.25, -0.2) is 0 Å². The zero-order valence-electron chi connectivity index (χ0n) is 15.5. The summed E-state index contributed by atoms with van der Waals surface area (Å²) in [6.07, 6.45) is 0. The highest BCUT2D eigenvalue weighted by Crippen LogP contribution is 2.25. The lowest BCUT2D eigenvalue weighted by molar-refractivity contribution is 1.33. The molecule has 0 amide bonds. The van der Waals surface area contributed by atoms with Crippen LogP contribution in [-0.2, 0) is 0 Å². The van der Waals surface area contributed by atoms with Crippen molar-refractivity contribution in [3.05, 3.63) is 58.7 Å². The van der Waals surface area contributed by atoms with Crippen molar-refractivity contribution in [3.63, 3.8) is 0 Å². The lowest BCUT2D eigenvalue weighted by Crippen LogP contribution is -1.87. The van der Waals surface area contributed by atoms with Gasteiger partial charge < -0.3 is 0 Å². The molecule has 0 fully saturated rings. The Hall–Kier alpha value is -1.56. The van der Waals surface area contributed by atoms with Crippen LogP contribution in [0.15, 0.2) is 36.4 Å². The SMILES string of the molecule is [2H]C([2H])([2H])c1cc(-c2ccc(C)cc2C([2H])([2H])[2H])ccc1C. The summed E-state index contributed by atoms with van der Waals surface area (Å²) in [5.74, 6) is 0. The first-order valence-electron chi connectivity index (χ1n) is 8.23. The number of rotatable bonds is 1. The first-order chi connectivity index (χ1) is 10.00. The van der Waals surface area contributed by atoms with Crippen LogP contribution in [0.2, 0.25) is 0 Å². The van der Waals surface area contributed by atoms with Crippen molar-refractivity contribution in [2.75, 3.05) is 0 Å². The van der Waals surface area contributed by atoms with E-state index in [1.807, 2.05) is 13.0 Å². The van der Waals surface area contributed by atoms with Gasteiger partial charge in [-0.1, -0.05) is 42.0 Å². The van der Waals surface area contributed by atoms with Crippen LogP contribution in [0.3, 0.4) is 0 Å². The normalized spacial score (nSPS) is 17.6. The molecule has 0 aliphatic rings. The maximum Gasteiger partial charge on any atom is 0.0280 e. The predicted octanol–water partition coefficient (Wildman–Crippen LogP) is 4.59. The van der Waals surface area contributed by atoms with Crippen molar-refractivity contribution < 1.29 is 8.22 Å². The quantitative estimate of drug-likeness (QED) is 0.654. The Morgan fingerprint density at radius 2 is 1.62 bits per heavy atom. The Bertz CT molecular complexity index is 695. The van der Waals surface area contributed by atoms with Crippen LogP contribution in [0.1, 0.15) is 30.5 Å². The van der Waals surface area contributed by atoms with Crippen molar-refractivity contribution >= 4 is 0 Å². The minimum absolute atomic E-state index is 0.243. The van der Waals surface area contributed by atoms with Gasteiger partial charge in [0.05, 0.1) is 0 Å². The van der Waals surface area contributed by atoms with E-state index in [1.54, 1.807) is 37.3 Å². The van der Waals surface area contributed by atoms with E-state index in [-0.39, 0.29) is 11.1 Å². The Morgan fingerprint density at radius 3 is 2.38 bits per heavy atom. The second-order valence-corrected chi connectivity index (χ2v) is 4.08. The molecule has 0 saturated carbocycles. The average Bonchev–Trinajstić information content (AvgIpc) is 2.37. The third-order valence-electron chi connectivity index (χ3n) is 2.72. The molecule has 82 valence electrons. The van der Waals surface area contributed by atoms with Crippen molar-refractivity contribution in [1.82, 2.24) is 0 Å². The molecule has 0 spiro atoms. The Kier molecular flexibility index (Phi) is 1.46. The van der Waals surface area contributed by atoms with Crippen LogP contribution in [0.25, 0.3) is 11.1 Å². The summed E-state index contributed by atoms with van der Waals surface area (Å²) in [5.41, 5.74) is 3.19. The molecule has 0 nitrogen and oxygen atoms in total. The van der Waals surface area contributed by atoms with Crippen molar-refractivity contribution in [2.24, 2.45) is 0 Å². The Balaban J connectivity index is 2.68. The van der Waals surface area contributed by atoms with E-state index in [9.17, 15) is 0 Å². The van der Waals surface area contributed by atoms with Crippen LogP contribution in [0.4, 0.5) is 0 Å². The summed E-state index contributed by atoms with van der Waals surface area (Å²) in [4.78, 5) is 0. The molecule has 0 atom stereocenters. The average molecular weight is 216 g/mol. The first kappa shape index (κ1) is 5.67. The highest BCUT2D eigenvalue weighted by Gasteiger charge is 2.03. The number of benzene rings is 2. The third-order valence-corrected chi connectivity index (χ3v) is 2.72. The van der Waals surface area contributed by atoms with Gasteiger partial charge >= 0.3 is 0 Å². The molecule has 16 heavy (non-hydrogen) atoms. The fourth-order valence-corrected chi connectivity index (χ4v) is 1.70. The van der Waals surface area contributed by atoms with Gasteiger partial charge in [0.25, 0.3) is 0 Å². The van der Waals surface area contributed by atoms with Crippen molar-refractivity contribution in [3.8, 4) is 11.1 Å². The molecule has 0 radical (unpaired) electrons. The lowest BCUT2D eigenvalue weighted by Gasteiger charge is -2.09. The van der Waals surface area contributed by atoms with Gasteiger partial charge in [-0.05, 0) is 55.4 Å². The van der Waals surface area contributed by atoms with E-state index in [0.29, 0.717) is 16.7 Å². The summed E-state index contributed by atoms with van der Waals surface area (Å²) in [6.45, 7) is -0.884. The summed E-state index contributed by atoms with van der Waals surface area (Å²) in [7, 11) is 0. The molecule has 0 aliphatic carbocycles. The van der Waals surface area contributed by atoms with E-state index in [1.165, 1.54) is 0 Å². The van der Waals surface area contributed by atoms with Gasteiger partial charge in [0.15, 0.2) is 0 Å². The molecule has 0 heterocycles. The Labute approximate surface area is 106 Å². The topological polar surface area (TPSA) is 0 Å². The van der Waals surface area contributed by atoms with Gasteiger partial charge in [-0.15, -0.1) is 0 Å². The summed E-state index contributed by atoms with van der Waals surface area (Å²) < 4.78 is 45.9. The molecule has 0 aliphatic heterocycles. The zero-order valence-corrected chi connectivity index (χ0v) is 9.46. The van der Waals surface area contributed by atoms with E-state index in [4.69, 9.17) is 8.22 Å². The molecule has 2 rings (SSSR count). The molecule has 0 saturated heterocycles. The summed E-state index contributed by atoms with van der Waals surface area (Å²) >= 11 is 0. The van der Waals surface area contributed by atoms with Crippen LogP contribution < -0.4 is 0 Å². The van der Waals surface area contributed by atoms with E-state index >= 15 is 0 Å². The third kappa shape index (κ3) is 2.01.